The molecule has 6 N–H and O–H groups in total. The highest BCUT2D eigenvalue weighted by molar-refractivity contribution is 5.87. The second-order valence-corrected chi connectivity index (χ2v) is 3.95. The van der Waals surface area contributed by atoms with E-state index in [1.54, 1.807) is 12.1 Å². The average molecular weight is 266 g/mol. The molecule has 104 valence electrons. The lowest BCUT2D eigenvalue weighted by Crippen LogP contribution is -2.26. The Morgan fingerprint density at radius 2 is 1.89 bits per heavy atom. The number of carbonyl (C=O) groups is 2. The van der Waals surface area contributed by atoms with Crippen LogP contribution >= 0.6 is 0 Å². The highest BCUT2D eigenvalue weighted by Crippen LogP contribution is 2.15. The number of ether oxygens (including phenoxy) is 1. The summed E-state index contributed by atoms with van der Waals surface area (Å²) < 4.78 is 4.61. The number of nitrogens with one attached hydrogen (secondary N) is 2. The summed E-state index contributed by atoms with van der Waals surface area (Å²) >= 11 is 0. The van der Waals surface area contributed by atoms with Crippen LogP contribution < -0.4 is 22.1 Å². The van der Waals surface area contributed by atoms with Gasteiger partial charge in [0.05, 0.1) is 0 Å². The second-order valence-electron chi connectivity index (χ2n) is 3.95. The Morgan fingerprint density at radius 1 is 1.26 bits per heavy atom. The number of rotatable bonds is 6. The third kappa shape index (κ3) is 5.73. The van der Waals surface area contributed by atoms with E-state index < -0.39 is 12.1 Å². The van der Waals surface area contributed by atoms with Crippen LogP contribution in [0.4, 0.5) is 15.3 Å². The minimum absolute atomic E-state index is 0.0825. The molecule has 1 unspecified atom stereocenters. The van der Waals surface area contributed by atoms with Gasteiger partial charge in [0.1, 0.15) is 6.61 Å². The molecule has 7 nitrogen and oxygen atoms in total. The lowest BCUT2D eigenvalue weighted by Gasteiger charge is -2.14. The van der Waals surface area contributed by atoms with E-state index >= 15 is 0 Å². The molecule has 1 atom stereocenters. The largest absolute Gasteiger partial charge is 0.448 e. The van der Waals surface area contributed by atoms with Crippen molar-refractivity contribution >= 4 is 17.8 Å². The lowest BCUT2D eigenvalue weighted by molar-refractivity contribution is 0.156. The van der Waals surface area contributed by atoms with Crippen LogP contribution in [0.5, 0.6) is 0 Å². The van der Waals surface area contributed by atoms with Gasteiger partial charge in [-0.15, -0.1) is 0 Å². The summed E-state index contributed by atoms with van der Waals surface area (Å²) in [5.74, 6) is 0. The van der Waals surface area contributed by atoms with E-state index in [9.17, 15) is 9.59 Å². The van der Waals surface area contributed by atoms with Gasteiger partial charge in [0.2, 0.25) is 0 Å². The molecule has 0 bridgehead atoms. The Hall–Kier alpha value is -2.28. The Labute approximate surface area is 111 Å². The topological polar surface area (TPSA) is 119 Å². The zero-order valence-electron chi connectivity index (χ0n) is 10.7. The summed E-state index contributed by atoms with van der Waals surface area (Å²) in [6.07, 6.45) is -0.781. The lowest BCUT2D eigenvalue weighted by atomic mass is 10.1. The van der Waals surface area contributed by atoms with E-state index in [0.29, 0.717) is 12.2 Å². The molecular formula is C12H18N4O3. The number of nitrogens with two attached hydrogens (primary N) is 2. The fourth-order valence-corrected chi connectivity index (χ4v) is 1.54. The molecule has 1 aromatic rings. The number of amides is 3. The summed E-state index contributed by atoms with van der Waals surface area (Å²) in [6, 6.07) is 6.76. The van der Waals surface area contributed by atoms with Gasteiger partial charge in [-0.3, -0.25) is 0 Å². The predicted molar refractivity (Wildman–Crippen MR) is 71.6 cm³/mol. The van der Waals surface area contributed by atoms with Gasteiger partial charge in [-0.05, 0) is 24.6 Å². The number of urea groups is 1. The third-order valence-electron chi connectivity index (χ3n) is 2.48. The van der Waals surface area contributed by atoms with Gasteiger partial charge in [-0.2, -0.15) is 0 Å². The molecule has 0 aliphatic carbocycles. The SMILES string of the molecule is CC(NCCOC(N)=O)c1ccc(NC(N)=O)cc1. The molecule has 0 aliphatic rings. The van der Waals surface area contributed by atoms with E-state index in [1.165, 1.54) is 0 Å². The molecule has 3 amide bonds. The van der Waals surface area contributed by atoms with Crippen LogP contribution in [0.3, 0.4) is 0 Å². The normalized spacial score (nSPS) is 11.6. The van der Waals surface area contributed by atoms with Crippen LogP contribution in [0.2, 0.25) is 0 Å². The van der Waals surface area contributed by atoms with Crippen molar-refractivity contribution in [1.29, 1.82) is 0 Å². The van der Waals surface area contributed by atoms with Crippen LogP contribution in [0.1, 0.15) is 18.5 Å². The van der Waals surface area contributed by atoms with Crippen LogP contribution in [0.15, 0.2) is 24.3 Å². The number of anilines is 1. The molecule has 1 rings (SSSR count). The number of hydrogen-bond acceptors (Lipinski definition) is 4. The van der Waals surface area contributed by atoms with Crippen molar-refractivity contribution in [2.45, 2.75) is 13.0 Å². The number of primary amides is 2. The van der Waals surface area contributed by atoms with E-state index in [2.05, 4.69) is 15.4 Å². The highest BCUT2D eigenvalue weighted by Gasteiger charge is 2.05. The molecular weight excluding hydrogens is 248 g/mol. The summed E-state index contributed by atoms with van der Waals surface area (Å²) in [7, 11) is 0. The molecule has 0 aromatic heterocycles. The second kappa shape index (κ2) is 7.22. The van der Waals surface area contributed by atoms with Gasteiger partial charge in [-0.25, -0.2) is 9.59 Å². The maximum atomic E-state index is 10.7. The van der Waals surface area contributed by atoms with Crippen molar-refractivity contribution < 1.29 is 14.3 Å². The molecule has 0 heterocycles. The zero-order chi connectivity index (χ0) is 14.3. The molecule has 7 heteroatoms. The minimum Gasteiger partial charge on any atom is -0.448 e. The van der Waals surface area contributed by atoms with Crippen molar-refractivity contribution in [3.8, 4) is 0 Å². The quantitative estimate of drug-likeness (QED) is 0.572. The first kappa shape index (κ1) is 14.8. The van der Waals surface area contributed by atoms with Crippen LogP contribution in [0.25, 0.3) is 0 Å². The van der Waals surface area contributed by atoms with Crippen LogP contribution in [-0.4, -0.2) is 25.3 Å². The van der Waals surface area contributed by atoms with Gasteiger partial charge in [0, 0.05) is 18.3 Å². The molecule has 0 radical (unpaired) electrons. The molecule has 1 aromatic carbocycles. The van der Waals surface area contributed by atoms with Gasteiger partial charge in [0.15, 0.2) is 0 Å². The smallest absolute Gasteiger partial charge is 0.404 e. The van der Waals surface area contributed by atoms with Gasteiger partial charge < -0.3 is 26.8 Å². The fraction of sp³-hybridized carbons (Fsp3) is 0.333. The Morgan fingerprint density at radius 3 is 2.42 bits per heavy atom. The van der Waals surface area contributed by atoms with E-state index in [-0.39, 0.29) is 12.6 Å². The molecule has 0 saturated heterocycles. The van der Waals surface area contributed by atoms with Gasteiger partial charge >= 0.3 is 12.1 Å². The molecule has 0 spiro atoms. The highest BCUT2D eigenvalue weighted by atomic mass is 16.5. The van der Waals surface area contributed by atoms with E-state index in [4.69, 9.17) is 11.5 Å². The summed E-state index contributed by atoms with van der Waals surface area (Å²) in [5, 5.41) is 5.65. The number of hydrogen-bond donors (Lipinski definition) is 4. The van der Waals surface area contributed by atoms with Crippen molar-refractivity contribution in [2.24, 2.45) is 11.5 Å². The third-order valence-corrected chi connectivity index (χ3v) is 2.48. The van der Waals surface area contributed by atoms with Crippen molar-refractivity contribution in [2.75, 3.05) is 18.5 Å². The first-order chi connectivity index (χ1) is 8.99. The Balaban J connectivity index is 2.41. The first-order valence-electron chi connectivity index (χ1n) is 5.81. The van der Waals surface area contributed by atoms with Crippen molar-refractivity contribution in [1.82, 2.24) is 5.32 Å². The fourth-order valence-electron chi connectivity index (χ4n) is 1.54. The number of benzene rings is 1. The van der Waals surface area contributed by atoms with Gasteiger partial charge in [0.25, 0.3) is 0 Å². The molecule has 0 fully saturated rings. The first-order valence-corrected chi connectivity index (χ1v) is 5.81. The maximum absolute atomic E-state index is 10.7. The predicted octanol–water partition coefficient (Wildman–Crippen LogP) is 0.923. The van der Waals surface area contributed by atoms with E-state index in [1.807, 2.05) is 19.1 Å². The minimum atomic E-state index is -0.781. The van der Waals surface area contributed by atoms with Crippen molar-refractivity contribution in [3.63, 3.8) is 0 Å². The van der Waals surface area contributed by atoms with Gasteiger partial charge in [-0.1, -0.05) is 12.1 Å². The average Bonchev–Trinajstić information content (AvgIpc) is 2.34. The maximum Gasteiger partial charge on any atom is 0.404 e. The van der Waals surface area contributed by atoms with E-state index in [0.717, 1.165) is 5.56 Å². The standard InChI is InChI=1S/C12H18N4O3/c1-8(15-6-7-19-12(14)18)9-2-4-10(5-3-9)16-11(13)17/h2-5,8,15H,6-7H2,1H3,(H2,14,18)(H3,13,16,17). The zero-order valence-corrected chi connectivity index (χ0v) is 10.7. The van der Waals surface area contributed by atoms with Crippen LogP contribution in [-0.2, 0) is 4.74 Å². The monoisotopic (exact) mass is 266 g/mol. The number of carbonyl (C=O) groups excluding carboxylic acids is 2. The Kier molecular flexibility index (Phi) is 5.62. The molecule has 0 saturated carbocycles. The molecule has 0 aliphatic heterocycles. The summed E-state index contributed by atoms with van der Waals surface area (Å²) in [6.45, 7) is 2.70. The molecule has 19 heavy (non-hydrogen) atoms. The summed E-state index contributed by atoms with van der Waals surface area (Å²) in [4.78, 5) is 21.0. The van der Waals surface area contributed by atoms with Crippen molar-refractivity contribution in [3.05, 3.63) is 29.8 Å². The summed E-state index contributed by atoms with van der Waals surface area (Å²) in [5.41, 5.74) is 11.5. The van der Waals surface area contributed by atoms with Crippen LogP contribution in [0, 0.1) is 0 Å². The Bertz CT molecular complexity index is 433.